The molecule has 0 aliphatic heterocycles. The summed E-state index contributed by atoms with van der Waals surface area (Å²) in [5, 5.41) is 3.06. The van der Waals surface area contributed by atoms with E-state index in [1.807, 2.05) is 47.0 Å². The highest BCUT2D eigenvalue weighted by Crippen LogP contribution is 2.31. The summed E-state index contributed by atoms with van der Waals surface area (Å²) < 4.78 is 17.8. The minimum atomic E-state index is -0.317. The molecule has 0 atom stereocenters. The highest BCUT2D eigenvalue weighted by atomic mass is 16.5. The highest BCUT2D eigenvalue weighted by Gasteiger charge is 2.13. The zero-order valence-electron chi connectivity index (χ0n) is 14.8. The Morgan fingerprint density at radius 3 is 2.54 bits per heavy atom. The van der Waals surface area contributed by atoms with E-state index < -0.39 is 0 Å². The fourth-order valence-electron chi connectivity index (χ4n) is 2.65. The second-order valence-electron chi connectivity index (χ2n) is 5.61. The Morgan fingerprint density at radius 1 is 1.08 bits per heavy atom. The largest absolute Gasteiger partial charge is 0.494 e. The van der Waals surface area contributed by atoms with Gasteiger partial charge in [-0.25, -0.2) is 4.98 Å². The number of carbonyl (C=O) groups excluding carboxylic acids is 1. The lowest BCUT2D eigenvalue weighted by atomic mass is 10.2. The Bertz CT molecular complexity index is 877. The van der Waals surface area contributed by atoms with E-state index in [1.165, 1.54) is 0 Å². The first-order valence-corrected chi connectivity index (χ1v) is 8.19. The van der Waals surface area contributed by atoms with Gasteiger partial charge in [0, 0.05) is 0 Å². The number of rotatable bonds is 8. The number of nitrogens with one attached hydrogen (secondary N) is 1. The molecule has 0 saturated heterocycles. The summed E-state index contributed by atoms with van der Waals surface area (Å²) in [6, 6.07) is 13.2. The molecule has 136 valence electrons. The fourth-order valence-corrected chi connectivity index (χ4v) is 2.65. The van der Waals surface area contributed by atoms with Crippen LogP contribution in [0, 0.1) is 0 Å². The lowest BCUT2D eigenvalue weighted by molar-refractivity contribution is -0.143. The molecule has 26 heavy (non-hydrogen) atoms. The first-order valence-electron chi connectivity index (χ1n) is 8.19. The van der Waals surface area contributed by atoms with Gasteiger partial charge in [-0.05, 0) is 17.7 Å². The normalized spacial score (nSPS) is 10.7. The maximum absolute atomic E-state index is 11.9. The number of nitrogens with zero attached hydrogens (tertiary/aromatic N) is 2. The van der Waals surface area contributed by atoms with Crippen LogP contribution < -0.4 is 14.8 Å². The van der Waals surface area contributed by atoms with E-state index >= 15 is 0 Å². The monoisotopic (exact) mass is 355 g/mol. The average molecular weight is 355 g/mol. The van der Waals surface area contributed by atoms with Crippen LogP contribution in [0.3, 0.4) is 0 Å². The van der Waals surface area contributed by atoms with Gasteiger partial charge in [0.25, 0.3) is 0 Å². The van der Waals surface area contributed by atoms with Crippen molar-refractivity contribution >= 4 is 17.0 Å². The molecule has 1 N–H and O–H groups in total. The molecule has 0 aliphatic rings. The van der Waals surface area contributed by atoms with Gasteiger partial charge in [-0.15, -0.1) is 0 Å². The highest BCUT2D eigenvalue weighted by molar-refractivity contribution is 5.87. The van der Waals surface area contributed by atoms with E-state index in [0.29, 0.717) is 23.7 Å². The number of methoxy groups -OCH3 is 2. The van der Waals surface area contributed by atoms with Crippen LogP contribution in [0.2, 0.25) is 0 Å². The molecule has 0 saturated carbocycles. The van der Waals surface area contributed by atoms with Crippen LogP contribution in [0.1, 0.15) is 5.56 Å². The molecule has 0 bridgehead atoms. The molecule has 3 aromatic rings. The quantitative estimate of drug-likeness (QED) is 0.625. The Hall–Kier alpha value is -3.06. The molecule has 1 heterocycles. The number of hydrogen-bond donors (Lipinski definition) is 1. The summed E-state index contributed by atoms with van der Waals surface area (Å²) in [6.07, 6.45) is 1.68. The van der Waals surface area contributed by atoms with E-state index in [4.69, 9.17) is 14.2 Å². The van der Waals surface area contributed by atoms with Gasteiger partial charge < -0.3 is 18.8 Å². The van der Waals surface area contributed by atoms with E-state index in [0.717, 1.165) is 11.1 Å². The number of aromatic nitrogens is 2. The number of imidazole rings is 1. The minimum Gasteiger partial charge on any atom is -0.494 e. The molecule has 0 unspecified atom stereocenters. The van der Waals surface area contributed by atoms with Crippen molar-refractivity contribution in [2.24, 2.45) is 0 Å². The topological polar surface area (TPSA) is 74.6 Å². The summed E-state index contributed by atoms with van der Waals surface area (Å²) in [5.41, 5.74) is 2.47. The van der Waals surface area contributed by atoms with Crippen LogP contribution in [0.5, 0.6) is 11.5 Å². The molecule has 2 aromatic carbocycles. The summed E-state index contributed by atoms with van der Waals surface area (Å²) in [7, 11) is 3.20. The zero-order chi connectivity index (χ0) is 18.4. The van der Waals surface area contributed by atoms with Crippen molar-refractivity contribution in [1.82, 2.24) is 14.9 Å². The van der Waals surface area contributed by atoms with Crippen molar-refractivity contribution in [3.8, 4) is 11.5 Å². The smallest absolute Gasteiger partial charge is 0.320 e. The number of benzene rings is 2. The summed E-state index contributed by atoms with van der Waals surface area (Å²) >= 11 is 0. The Balaban J connectivity index is 1.59. The third kappa shape index (κ3) is 3.94. The molecule has 7 nitrogen and oxygen atoms in total. The summed E-state index contributed by atoms with van der Waals surface area (Å²) in [5.74, 6) is 1.04. The number of fused-ring (bicyclic) bond motifs is 1. The average Bonchev–Trinajstić information content (AvgIpc) is 3.11. The number of ether oxygens (including phenoxy) is 3. The van der Waals surface area contributed by atoms with Crippen molar-refractivity contribution in [3.05, 3.63) is 54.4 Å². The molecular formula is C19H21N3O4. The lowest BCUT2D eigenvalue weighted by Crippen LogP contribution is -2.26. The van der Waals surface area contributed by atoms with Crippen LogP contribution in [0.4, 0.5) is 0 Å². The van der Waals surface area contributed by atoms with Gasteiger partial charge in [0.2, 0.25) is 0 Å². The third-order valence-corrected chi connectivity index (χ3v) is 3.92. The van der Waals surface area contributed by atoms with Gasteiger partial charge >= 0.3 is 5.97 Å². The van der Waals surface area contributed by atoms with Gasteiger partial charge in [0.05, 0.1) is 33.8 Å². The van der Waals surface area contributed by atoms with Gasteiger partial charge in [-0.2, -0.15) is 0 Å². The molecule has 7 heteroatoms. The molecule has 0 aliphatic carbocycles. The molecular weight excluding hydrogens is 334 g/mol. The SMILES string of the molecule is COc1ccc(OC)c2c1ncn2CNCC(=O)OCc1ccccc1. The van der Waals surface area contributed by atoms with Crippen molar-refractivity contribution in [2.75, 3.05) is 20.8 Å². The number of esters is 1. The fraction of sp³-hybridized carbons (Fsp3) is 0.263. The summed E-state index contributed by atoms with van der Waals surface area (Å²) in [6.45, 7) is 0.750. The van der Waals surface area contributed by atoms with Crippen molar-refractivity contribution < 1.29 is 19.0 Å². The first-order chi connectivity index (χ1) is 12.7. The molecule has 0 fully saturated rings. The van der Waals surface area contributed by atoms with Gasteiger partial charge in [-0.1, -0.05) is 30.3 Å². The van der Waals surface area contributed by atoms with Gasteiger partial charge in [0.1, 0.15) is 29.1 Å². The van der Waals surface area contributed by atoms with Gasteiger partial charge in [-0.3, -0.25) is 10.1 Å². The predicted molar refractivity (Wildman–Crippen MR) is 97.1 cm³/mol. The van der Waals surface area contributed by atoms with Crippen LogP contribution in [-0.4, -0.2) is 36.3 Å². The van der Waals surface area contributed by atoms with Crippen LogP contribution in [0.25, 0.3) is 11.0 Å². The van der Waals surface area contributed by atoms with Crippen LogP contribution >= 0.6 is 0 Å². The van der Waals surface area contributed by atoms with Crippen molar-refractivity contribution in [1.29, 1.82) is 0 Å². The second-order valence-corrected chi connectivity index (χ2v) is 5.61. The van der Waals surface area contributed by atoms with E-state index in [-0.39, 0.29) is 19.1 Å². The molecule has 3 rings (SSSR count). The molecule has 0 spiro atoms. The van der Waals surface area contributed by atoms with Crippen molar-refractivity contribution in [3.63, 3.8) is 0 Å². The third-order valence-electron chi connectivity index (χ3n) is 3.92. The minimum absolute atomic E-state index is 0.0960. The second kappa shape index (κ2) is 8.35. The molecule has 0 amide bonds. The number of carbonyl (C=O) groups is 1. The van der Waals surface area contributed by atoms with E-state index in [2.05, 4.69) is 10.3 Å². The van der Waals surface area contributed by atoms with E-state index in [9.17, 15) is 4.79 Å². The Morgan fingerprint density at radius 2 is 1.81 bits per heavy atom. The van der Waals surface area contributed by atoms with Crippen molar-refractivity contribution in [2.45, 2.75) is 13.3 Å². The van der Waals surface area contributed by atoms with E-state index in [1.54, 1.807) is 20.5 Å². The van der Waals surface area contributed by atoms with Gasteiger partial charge in [0.15, 0.2) is 0 Å². The lowest BCUT2D eigenvalue weighted by Gasteiger charge is -2.10. The predicted octanol–water partition coefficient (Wildman–Crippen LogP) is 2.34. The van der Waals surface area contributed by atoms with Crippen LogP contribution in [0.15, 0.2) is 48.8 Å². The first kappa shape index (κ1) is 17.8. The molecule has 0 radical (unpaired) electrons. The molecule has 1 aromatic heterocycles. The zero-order valence-corrected chi connectivity index (χ0v) is 14.8. The Kier molecular flexibility index (Phi) is 5.70. The maximum atomic E-state index is 11.9. The maximum Gasteiger partial charge on any atom is 0.320 e. The number of hydrogen-bond acceptors (Lipinski definition) is 6. The standard InChI is InChI=1S/C19H21N3O4/c1-24-15-8-9-16(25-2)19-18(15)21-13-22(19)12-20-10-17(23)26-11-14-6-4-3-5-7-14/h3-9,13,20H,10-12H2,1-2H3. The summed E-state index contributed by atoms with van der Waals surface area (Å²) in [4.78, 5) is 16.3. The Labute approximate surface area is 151 Å². The van der Waals surface area contributed by atoms with Crippen LogP contribution in [-0.2, 0) is 22.8 Å².